The summed E-state index contributed by atoms with van der Waals surface area (Å²) in [5, 5.41) is 8.65. The van der Waals surface area contributed by atoms with E-state index in [0.29, 0.717) is 12.0 Å². The number of aromatic nitrogens is 2. The number of nitrogens with zero attached hydrogens (tertiary/aromatic N) is 4. The molecule has 6 nitrogen and oxygen atoms in total. The lowest BCUT2D eigenvalue weighted by Crippen LogP contribution is -2.44. The Kier molecular flexibility index (Phi) is 5.79. The number of hydrogen-bond donors (Lipinski definition) is 1. The van der Waals surface area contributed by atoms with Crippen LogP contribution in [0, 0.1) is 0 Å². The summed E-state index contributed by atoms with van der Waals surface area (Å²) >= 11 is 0. The normalized spacial score (nSPS) is 23.2. The minimum atomic E-state index is 0.442. The summed E-state index contributed by atoms with van der Waals surface area (Å²) in [6.07, 6.45) is 2.56. The number of rotatable bonds is 5. The number of anilines is 1. The Labute approximate surface area is 146 Å². The van der Waals surface area contributed by atoms with Crippen LogP contribution in [0.5, 0.6) is 0 Å². The third-order valence-electron chi connectivity index (χ3n) is 5.19. The molecule has 24 heavy (non-hydrogen) atoms. The summed E-state index contributed by atoms with van der Waals surface area (Å²) < 4.78 is 7.60. The van der Waals surface area contributed by atoms with Gasteiger partial charge in [-0.05, 0) is 32.4 Å². The van der Waals surface area contributed by atoms with Gasteiger partial charge in [0.25, 0.3) is 0 Å². The maximum Gasteiger partial charge on any atom is 0.131 e. The van der Waals surface area contributed by atoms with Crippen molar-refractivity contribution in [1.82, 2.24) is 20.0 Å². The molecule has 0 aromatic carbocycles. The van der Waals surface area contributed by atoms with Gasteiger partial charge in [0.15, 0.2) is 0 Å². The minimum absolute atomic E-state index is 0.442. The zero-order valence-electron chi connectivity index (χ0n) is 15.7. The molecule has 3 rings (SSSR count). The van der Waals surface area contributed by atoms with E-state index in [9.17, 15) is 0 Å². The Morgan fingerprint density at radius 3 is 2.62 bits per heavy atom. The molecular weight excluding hydrogens is 302 g/mol. The first kappa shape index (κ1) is 17.7. The second-order valence-corrected chi connectivity index (χ2v) is 7.55. The fourth-order valence-electron chi connectivity index (χ4n) is 3.96. The van der Waals surface area contributed by atoms with Crippen LogP contribution in [0.15, 0.2) is 0 Å². The van der Waals surface area contributed by atoms with Crippen LogP contribution in [0.2, 0.25) is 0 Å². The number of likely N-dealkylation sites (N-methyl/N-ethyl adjacent to an activating group) is 1. The van der Waals surface area contributed by atoms with Crippen molar-refractivity contribution in [1.29, 1.82) is 0 Å². The number of aryl methyl sites for hydroxylation is 1. The third kappa shape index (κ3) is 3.92. The van der Waals surface area contributed by atoms with E-state index in [1.807, 2.05) is 0 Å². The zero-order chi connectivity index (χ0) is 17.1. The molecule has 2 aliphatic heterocycles. The Morgan fingerprint density at radius 2 is 1.96 bits per heavy atom. The summed E-state index contributed by atoms with van der Waals surface area (Å²) in [6, 6.07) is 0.585. The molecule has 3 heterocycles. The predicted octanol–water partition coefficient (Wildman–Crippen LogP) is 1.56. The fourth-order valence-corrected chi connectivity index (χ4v) is 3.96. The van der Waals surface area contributed by atoms with Gasteiger partial charge in [-0.15, -0.1) is 0 Å². The lowest BCUT2D eigenvalue weighted by molar-refractivity contribution is 0.122. The molecule has 0 amide bonds. The Morgan fingerprint density at radius 1 is 1.21 bits per heavy atom. The van der Waals surface area contributed by atoms with Crippen LogP contribution in [0.3, 0.4) is 0 Å². The fraction of sp³-hybridized carbons (Fsp3) is 0.833. The van der Waals surface area contributed by atoms with Crippen molar-refractivity contribution in [3.8, 4) is 0 Å². The molecule has 0 aliphatic carbocycles. The second-order valence-electron chi connectivity index (χ2n) is 7.55. The van der Waals surface area contributed by atoms with Gasteiger partial charge in [0.05, 0.1) is 18.9 Å². The molecule has 1 N–H and O–H groups in total. The SMILES string of the molecule is CC(C)c1nn(C)c(N2CCOCC2)c1CNC1CCCN(C)C1. The van der Waals surface area contributed by atoms with Crippen LogP contribution >= 0.6 is 0 Å². The Bertz CT molecular complexity index is 536. The van der Waals surface area contributed by atoms with Crippen molar-refractivity contribution in [2.24, 2.45) is 7.05 Å². The van der Waals surface area contributed by atoms with Crippen molar-refractivity contribution in [2.45, 2.75) is 45.2 Å². The molecule has 6 heteroatoms. The standard InChI is InChI=1S/C18H33N5O/c1-14(2)17-16(12-19-15-6-5-7-21(3)13-15)18(22(4)20-17)23-8-10-24-11-9-23/h14-15,19H,5-13H2,1-4H3. The van der Waals surface area contributed by atoms with Gasteiger partial charge in [0.1, 0.15) is 5.82 Å². The first-order valence-electron chi connectivity index (χ1n) is 9.36. The van der Waals surface area contributed by atoms with Crippen molar-refractivity contribution < 1.29 is 4.74 Å². The van der Waals surface area contributed by atoms with Gasteiger partial charge in [-0.2, -0.15) is 5.10 Å². The molecule has 2 saturated heterocycles. The number of ether oxygens (including phenoxy) is 1. The van der Waals surface area contributed by atoms with Crippen LogP contribution < -0.4 is 10.2 Å². The quantitative estimate of drug-likeness (QED) is 0.885. The van der Waals surface area contributed by atoms with Crippen molar-refractivity contribution in [3.63, 3.8) is 0 Å². The van der Waals surface area contributed by atoms with Crippen molar-refractivity contribution >= 4 is 5.82 Å². The molecular formula is C18H33N5O. The van der Waals surface area contributed by atoms with E-state index in [1.54, 1.807) is 0 Å². The number of nitrogens with one attached hydrogen (secondary N) is 1. The van der Waals surface area contributed by atoms with Crippen LogP contribution in [-0.2, 0) is 18.3 Å². The average Bonchev–Trinajstić information content (AvgIpc) is 2.90. The largest absolute Gasteiger partial charge is 0.378 e. The molecule has 136 valence electrons. The summed E-state index contributed by atoms with van der Waals surface area (Å²) in [4.78, 5) is 4.86. The Balaban J connectivity index is 1.78. The average molecular weight is 335 g/mol. The first-order valence-corrected chi connectivity index (χ1v) is 9.36. The van der Waals surface area contributed by atoms with Gasteiger partial charge < -0.3 is 19.9 Å². The topological polar surface area (TPSA) is 45.6 Å². The maximum absolute atomic E-state index is 5.53. The van der Waals surface area contributed by atoms with Crippen LogP contribution in [0.25, 0.3) is 0 Å². The van der Waals surface area contributed by atoms with Gasteiger partial charge in [0, 0.05) is 44.8 Å². The number of piperidine rings is 1. The third-order valence-corrected chi connectivity index (χ3v) is 5.19. The highest BCUT2D eigenvalue weighted by molar-refractivity contribution is 5.51. The predicted molar refractivity (Wildman–Crippen MR) is 97.7 cm³/mol. The summed E-state index contributed by atoms with van der Waals surface area (Å²) in [7, 11) is 4.30. The van der Waals surface area contributed by atoms with Gasteiger partial charge >= 0.3 is 0 Å². The van der Waals surface area contributed by atoms with Crippen LogP contribution in [0.4, 0.5) is 5.82 Å². The van der Waals surface area contributed by atoms with E-state index in [-0.39, 0.29) is 0 Å². The van der Waals surface area contributed by atoms with Crippen LogP contribution in [-0.4, -0.2) is 67.2 Å². The highest BCUT2D eigenvalue weighted by atomic mass is 16.5. The smallest absolute Gasteiger partial charge is 0.131 e. The van der Waals surface area contributed by atoms with E-state index in [1.165, 1.54) is 36.5 Å². The number of morpholine rings is 1. The van der Waals surface area contributed by atoms with Crippen molar-refractivity contribution in [3.05, 3.63) is 11.3 Å². The maximum atomic E-state index is 5.53. The van der Waals surface area contributed by atoms with Crippen molar-refractivity contribution in [2.75, 3.05) is 51.3 Å². The summed E-state index contributed by atoms with van der Waals surface area (Å²) in [6.45, 7) is 11.3. The molecule has 1 unspecified atom stereocenters. The second kappa shape index (κ2) is 7.85. The number of likely N-dealkylation sites (tertiary alicyclic amines) is 1. The lowest BCUT2D eigenvalue weighted by atomic mass is 10.0. The lowest BCUT2D eigenvalue weighted by Gasteiger charge is -2.32. The number of hydrogen-bond acceptors (Lipinski definition) is 5. The highest BCUT2D eigenvalue weighted by Crippen LogP contribution is 2.29. The molecule has 1 aromatic rings. The molecule has 0 radical (unpaired) electrons. The molecule has 0 bridgehead atoms. The van der Waals surface area contributed by atoms with E-state index in [2.05, 4.69) is 47.7 Å². The molecule has 0 saturated carbocycles. The monoisotopic (exact) mass is 335 g/mol. The van der Waals surface area contributed by atoms with Crippen LogP contribution in [0.1, 0.15) is 43.9 Å². The molecule has 2 aliphatic rings. The van der Waals surface area contributed by atoms with E-state index < -0.39 is 0 Å². The molecule has 1 aromatic heterocycles. The molecule has 1 atom stereocenters. The summed E-state index contributed by atoms with van der Waals surface area (Å²) in [5.41, 5.74) is 2.61. The first-order chi connectivity index (χ1) is 11.6. The highest BCUT2D eigenvalue weighted by Gasteiger charge is 2.25. The molecule has 2 fully saturated rings. The molecule has 0 spiro atoms. The van der Waals surface area contributed by atoms with E-state index in [4.69, 9.17) is 9.84 Å². The van der Waals surface area contributed by atoms with Gasteiger partial charge in [-0.1, -0.05) is 13.8 Å². The van der Waals surface area contributed by atoms with E-state index >= 15 is 0 Å². The van der Waals surface area contributed by atoms with Gasteiger partial charge in [-0.3, -0.25) is 4.68 Å². The Hall–Kier alpha value is -1.11. The summed E-state index contributed by atoms with van der Waals surface area (Å²) in [5.74, 6) is 1.72. The van der Waals surface area contributed by atoms with Gasteiger partial charge in [-0.25, -0.2) is 0 Å². The van der Waals surface area contributed by atoms with Gasteiger partial charge in [0.2, 0.25) is 0 Å². The van der Waals surface area contributed by atoms with E-state index in [0.717, 1.165) is 39.4 Å². The minimum Gasteiger partial charge on any atom is -0.378 e. The zero-order valence-corrected chi connectivity index (χ0v) is 15.7.